The van der Waals surface area contributed by atoms with E-state index in [1.807, 2.05) is 6.07 Å². The minimum atomic E-state index is -0.391. The molecule has 5 nitrogen and oxygen atoms in total. The van der Waals surface area contributed by atoms with Crippen molar-refractivity contribution < 1.29 is 19.1 Å². The number of carbonyl (C=O) groups is 2. The number of benzene rings is 1. The van der Waals surface area contributed by atoms with Crippen molar-refractivity contribution in [3.63, 3.8) is 0 Å². The molecule has 0 bridgehead atoms. The smallest absolute Gasteiger partial charge is 0.311 e. The Morgan fingerprint density at radius 3 is 1.87 bits per heavy atom. The third kappa shape index (κ3) is 13.8. The van der Waals surface area contributed by atoms with Crippen LogP contribution in [0.5, 0.6) is 5.75 Å². The number of unbranched alkanes of at least 4 members (excludes halogenated alkanes) is 10. The summed E-state index contributed by atoms with van der Waals surface area (Å²) in [6.07, 6.45) is 14.7. The van der Waals surface area contributed by atoms with Crippen LogP contribution in [0.4, 0.5) is 0 Å². The first kappa shape index (κ1) is 25.7. The lowest BCUT2D eigenvalue weighted by Crippen LogP contribution is -2.10. The van der Waals surface area contributed by atoms with E-state index in [0.717, 1.165) is 12.8 Å². The van der Waals surface area contributed by atoms with Gasteiger partial charge in [-0.2, -0.15) is 5.26 Å². The number of carbonyl (C=O) groups excluding carboxylic acids is 2. The Morgan fingerprint density at radius 2 is 1.30 bits per heavy atom. The van der Waals surface area contributed by atoms with Crippen LogP contribution in [-0.2, 0) is 14.3 Å². The molecule has 0 aliphatic carbocycles. The largest absolute Gasteiger partial charge is 0.466 e. The summed E-state index contributed by atoms with van der Waals surface area (Å²) in [5.41, 5.74) is 0.510. The molecule has 0 fully saturated rings. The summed E-state index contributed by atoms with van der Waals surface area (Å²) in [6, 6.07) is 8.35. The molecule has 166 valence electrons. The highest BCUT2D eigenvalue weighted by atomic mass is 16.5. The van der Waals surface area contributed by atoms with Crippen molar-refractivity contribution in [3.05, 3.63) is 29.8 Å². The van der Waals surface area contributed by atoms with Crippen molar-refractivity contribution in [2.45, 2.75) is 96.8 Å². The molecule has 1 aromatic rings. The first-order chi connectivity index (χ1) is 14.7. The molecule has 0 aliphatic rings. The van der Waals surface area contributed by atoms with Crippen LogP contribution < -0.4 is 4.74 Å². The highest BCUT2D eigenvalue weighted by Gasteiger charge is 2.08. The monoisotopic (exact) mass is 415 g/mol. The maximum absolute atomic E-state index is 11.8. The summed E-state index contributed by atoms with van der Waals surface area (Å²) >= 11 is 0. The Balaban J connectivity index is 1.92. The minimum absolute atomic E-state index is 0.160. The normalized spacial score (nSPS) is 10.4. The van der Waals surface area contributed by atoms with Gasteiger partial charge in [0.25, 0.3) is 0 Å². The van der Waals surface area contributed by atoms with Gasteiger partial charge in [0.2, 0.25) is 0 Å². The van der Waals surface area contributed by atoms with Crippen LogP contribution in [-0.4, -0.2) is 18.5 Å². The van der Waals surface area contributed by atoms with E-state index in [0.29, 0.717) is 24.3 Å². The first-order valence-corrected chi connectivity index (χ1v) is 11.5. The van der Waals surface area contributed by atoms with E-state index in [-0.39, 0.29) is 18.8 Å². The van der Waals surface area contributed by atoms with Gasteiger partial charge >= 0.3 is 11.9 Å². The zero-order valence-corrected chi connectivity index (χ0v) is 18.5. The molecule has 0 amide bonds. The van der Waals surface area contributed by atoms with Gasteiger partial charge < -0.3 is 9.47 Å². The molecule has 0 radical (unpaired) electrons. The van der Waals surface area contributed by atoms with E-state index in [9.17, 15) is 9.59 Å². The van der Waals surface area contributed by atoms with E-state index in [1.54, 1.807) is 24.3 Å². The molecule has 0 saturated carbocycles. The lowest BCUT2D eigenvalue weighted by Gasteiger charge is -2.06. The van der Waals surface area contributed by atoms with Gasteiger partial charge in [0.1, 0.15) is 5.75 Å². The number of ether oxygens (including phenoxy) is 2. The summed E-state index contributed by atoms with van der Waals surface area (Å²) < 4.78 is 10.4. The van der Waals surface area contributed by atoms with Crippen molar-refractivity contribution in [1.82, 2.24) is 0 Å². The molecular weight excluding hydrogens is 378 g/mol. The zero-order valence-electron chi connectivity index (χ0n) is 18.5. The van der Waals surface area contributed by atoms with E-state index in [2.05, 4.69) is 6.92 Å². The van der Waals surface area contributed by atoms with Crippen LogP contribution in [0.1, 0.15) is 102 Å². The molecule has 5 heteroatoms. The topological polar surface area (TPSA) is 76.4 Å². The Kier molecular flexibility index (Phi) is 15.0. The van der Waals surface area contributed by atoms with Crippen LogP contribution in [0.2, 0.25) is 0 Å². The maximum atomic E-state index is 11.8. The molecule has 0 atom stereocenters. The number of hydrogen-bond acceptors (Lipinski definition) is 5. The van der Waals surface area contributed by atoms with Crippen molar-refractivity contribution in [2.75, 3.05) is 6.61 Å². The summed E-state index contributed by atoms with van der Waals surface area (Å²) in [7, 11) is 0. The second-order valence-electron chi connectivity index (χ2n) is 7.72. The summed E-state index contributed by atoms with van der Waals surface area (Å²) in [4.78, 5) is 23.5. The van der Waals surface area contributed by atoms with Crippen LogP contribution in [0.3, 0.4) is 0 Å². The molecule has 0 aromatic heterocycles. The Hall–Kier alpha value is -2.35. The minimum Gasteiger partial charge on any atom is -0.466 e. The van der Waals surface area contributed by atoms with E-state index in [1.165, 1.54) is 57.8 Å². The fraction of sp³-hybridized carbons (Fsp3) is 0.640. The Bertz CT molecular complexity index is 634. The van der Waals surface area contributed by atoms with E-state index >= 15 is 0 Å². The molecule has 0 spiro atoms. The molecular formula is C25H37NO4. The third-order valence-corrected chi connectivity index (χ3v) is 4.99. The zero-order chi connectivity index (χ0) is 21.9. The highest BCUT2D eigenvalue weighted by Crippen LogP contribution is 2.13. The molecule has 1 aromatic carbocycles. The number of nitriles is 1. The third-order valence-electron chi connectivity index (χ3n) is 4.99. The van der Waals surface area contributed by atoms with Gasteiger partial charge in [-0.25, -0.2) is 0 Å². The maximum Gasteiger partial charge on any atom is 0.311 e. The standard InChI is InChI=1S/C25H37NO4/c1-2-3-4-5-6-7-8-9-10-11-12-20-29-24(27)14-13-15-25(28)30-23-18-16-22(21-26)17-19-23/h16-19H,2-15,20H2,1H3. The van der Waals surface area contributed by atoms with Crippen molar-refractivity contribution >= 4 is 11.9 Å². The molecule has 30 heavy (non-hydrogen) atoms. The van der Waals surface area contributed by atoms with Gasteiger partial charge in [-0.05, 0) is 37.1 Å². The predicted octanol–water partition coefficient (Wildman–Crippen LogP) is 6.49. The molecule has 0 N–H and O–H groups in total. The Morgan fingerprint density at radius 1 is 0.767 bits per heavy atom. The highest BCUT2D eigenvalue weighted by molar-refractivity contribution is 5.74. The Labute approximate surface area is 181 Å². The van der Waals surface area contributed by atoms with Gasteiger partial charge in [0.05, 0.1) is 18.2 Å². The lowest BCUT2D eigenvalue weighted by atomic mass is 10.1. The second-order valence-corrected chi connectivity index (χ2v) is 7.72. The molecule has 0 saturated heterocycles. The summed E-state index contributed by atoms with van der Waals surface area (Å²) in [6.45, 7) is 2.71. The van der Waals surface area contributed by atoms with Gasteiger partial charge in [0, 0.05) is 12.8 Å². The average Bonchev–Trinajstić information content (AvgIpc) is 2.75. The van der Waals surface area contributed by atoms with Crippen LogP contribution in [0.25, 0.3) is 0 Å². The fourth-order valence-electron chi connectivity index (χ4n) is 3.18. The van der Waals surface area contributed by atoms with Gasteiger partial charge in [-0.3, -0.25) is 9.59 Å². The lowest BCUT2D eigenvalue weighted by molar-refractivity contribution is -0.144. The number of esters is 2. The molecule has 0 heterocycles. The van der Waals surface area contributed by atoms with E-state index in [4.69, 9.17) is 14.7 Å². The van der Waals surface area contributed by atoms with Crippen molar-refractivity contribution in [2.24, 2.45) is 0 Å². The SMILES string of the molecule is CCCCCCCCCCCCCOC(=O)CCCC(=O)Oc1ccc(C#N)cc1. The van der Waals surface area contributed by atoms with Crippen LogP contribution in [0.15, 0.2) is 24.3 Å². The van der Waals surface area contributed by atoms with Gasteiger partial charge in [-0.15, -0.1) is 0 Å². The van der Waals surface area contributed by atoms with Crippen LogP contribution >= 0.6 is 0 Å². The molecule has 0 aliphatic heterocycles. The predicted molar refractivity (Wildman–Crippen MR) is 118 cm³/mol. The van der Waals surface area contributed by atoms with Crippen molar-refractivity contribution in [1.29, 1.82) is 5.26 Å². The van der Waals surface area contributed by atoms with E-state index < -0.39 is 5.97 Å². The number of hydrogen-bond donors (Lipinski definition) is 0. The molecule has 1 rings (SSSR count). The summed E-state index contributed by atoms with van der Waals surface area (Å²) in [5.74, 6) is -0.246. The quantitative estimate of drug-likeness (QED) is 0.165. The first-order valence-electron chi connectivity index (χ1n) is 11.5. The molecule has 0 unspecified atom stereocenters. The van der Waals surface area contributed by atoms with Gasteiger partial charge in [-0.1, -0.05) is 71.1 Å². The summed E-state index contributed by atoms with van der Waals surface area (Å²) in [5, 5.41) is 8.74. The second kappa shape index (κ2) is 17.5. The van der Waals surface area contributed by atoms with Crippen molar-refractivity contribution in [3.8, 4) is 11.8 Å². The number of nitrogens with zero attached hydrogens (tertiary/aromatic N) is 1. The fourth-order valence-corrected chi connectivity index (χ4v) is 3.18. The van der Waals surface area contributed by atoms with Gasteiger partial charge in [0.15, 0.2) is 0 Å². The average molecular weight is 416 g/mol. The number of rotatable bonds is 17. The van der Waals surface area contributed by atoms with Crippen LogP contribution in [0, 0.1) is 11.3 Å².